The average Bonchev–Trinajstić information content (AvgIpc) is 3.51. The molecule has 10 heteroatoms. The fourth-order valence-electron chi connectivity index (χ4n) is 3.69. The molecule has 1 atom stereocenters. The van der Waals surface area contributed by atoms with Crippen LogP contribution in [0.4, 0.5) is 4.39 Å². The van der Waals surface area contributed by atoms with Crippen LogP contribution in [-0.4, -0.2) is 24.3 Å². The predicted octanol–water partition coefficient (Wildman–Crippen LogP) is 3.56. The van der Waals surface area contributed by atoms with Crippen molar-refractivity contribution in [3.63, 3.8) is 0 Å². The topological polar surface area (TPSA) is 108 Å². The van der Waals surface area contributed by atoms with Gasteiger partial charge in [-0.2, -0.15) is 4.98 Å². The first-order valence-corrected chi connectivity index (χ1v) is 10.5. The number of rotatable bonds is 5. The Balaban J connectivity index is 1.35. The monoisotopic (exact) mass is 461 g/mol. The Morgan fingerprint density at radius 1 is 1.00 bits per heavy atom. The summed E-state index contributed by atoms with van der Waals surface area (Å²) >= 11 is 0. The highest BCUT2D eigenvalue weighted by Crippen LogP contribution is 2.27. The SMILES string of the molecule is CC(Oc1ccc(-c2cc3c([nH]2)c(=O)n(C)c(=O)n3C)cc1)c1nc(-c2ccc(F)cc2)no1. The molecule has 3 aromatic heterocycles. The number of aryl methyl sites for hydroxylation is 1. The maximum Gasteiger partial charge on any atom is 0.331 e. The van der Waals surface area contributed by atoms with Crippen LogP contribution in [0.3, 0.4) is 0 Å². The number of benzene rings is 2. The van der Waals surface area contributed by atoms with Crippen molar-refractivity contribution < 1.29 is 13.7 Å². The molecule has 2 aromatic carbocycles. The Morgan fingerprint density at radius 3 is 2.38 bits per heavy atom. The van der Waals surface area contributed by atoms with Gasteiger partial charge in [0.25, 0.3) is 11.4 Å². The molecular weight excluding hydrogens is 441 g/mol. The lowest BCUT2D eigenvalue weighted by atomic mass is 10.1. The zero-order valence-electron chi connectivity index (χ0n) is 18.6. The zero-order chi connectivity index (χ0) is 24.0. The highest BCUT2D eigenvalue weighted by molar-refractivity contribution is 5.82. The quantitative estimate of drug-likeness (QED) is 0.429. The van der Waals surface area contributed by atoms with E-state index < -0.39 is 6.10 Å². The van der Waals surface area contributed by atoms with Crippen LogP contribution >= 0.6 is 0 Å². The smallest absolute Gasteiger partial charge is 0.331 e. The van der Waals surface area contributed by atoms with Crippen LogP contribution in [0.1, 0.15) is 18.9 Å². The molecule has 0 aliphatic carbocycles. The first-order chi connectivity index (χ1) is 16.3. The zero-order valence-corrected chi connectivity index (χ0v) is 18.6. The first kappa shape index (κ1) is 21.4. The molecule has 34 heavy (non-hydrogen) atoms. The lowest BCUT2D eigenvalue weighted by Crippen LogP contribution is -2.36. The standard InChI is InChI=1S/C24H20FN5O4/c1-13(22-27-21(28-34-22)15-4-8-16(25)9-5-15)33-17-10-6-14(7-11-17)18-12-19-20(26-18)23(31)30(3)24(32)29(19)2/h4-13,26H,1-3H3. The van der Waals surface area contributed by atoms with Gasteiger partial charge in [0, 0.05) is 25.4 Å². The van der Waals surface area contributed by atoms with Crippen molar-refractivity contribution in [1.82, 2.24) is 24.3 Å². The number of fused-ring (bicyclic) bond motifs is 1. The Hall–Kier alpha value is -4.47. The molecule has 1 N–H and O–H groups in total. The molecule has 0 amide bonds. The molecule has 3 heterocycles. The highest BCUT2D eigenvalue weighted by Gasteiger charge is 2.18. The third kappa shape index (κ3) is 3.68. The van der Waals surface area contributed by atoms with E-state index in [4.69, 9.17) is 9.26 Å². The third-order valence-electron chi connectivity index (χ3n) is 5.62. The molecule has 0 saturated carbocycles. The number of hydrogen-bond acceptors (Lipinski definition) is 6. The van der Waals surface area contributed by atoms with Crippen LogP contribution in [-0.2, 0) is 14.1 Å². The summed E-state index contributed by atoms with van der Waals surface area (Å²) in [6.07, 6.45) is -0.516. The summed E-state index contributed by atoms with van der Waals surface area (Å²) in [4.78, 5) is 32.0. The number of aromatic nitrogens is 5. The number of halogens is 1. The molecule has 0 fully saturated rings. The number of aromatic amines is 1. The summed E-state index contributed by atoms with van der Waals surface area (Å²) < 4.78 is 26.9. The second-order valence-corrected chi connectivity index (χ2v) is 7.90. The minimum Gasteiger partial charge on any atom is -0.481 e. The van der Waals surface area contributed by atoms with E-state index >= 15 is 0 Å². The third-order valence-corrected chi connectivity index (χ3v) is 5.62. The second-order valence-electron chi connectivity index (χ2n) is 7.90. The molecular formula is C24H20FN5O4. The van der Waals surface area contributed by atoms with Crippen molar-refractivity contribution in [2.24, 2.45) is 14.1 Å². The Kier molecular flexibility index (Phi) is 5.12. The summed E-state index contributed by atoms with van der Waals surface area (Å²) in [5.41, 5.74) is 2.30. The van der Waals surface area contributed by atoms with Crippen LogP contribution in [0.2, 0.25) is 0 Å². The van der Waals surface area contributed by atoms with Crippen LogP contribution in [0.25, 0.3) is 33.7 Å². The van der Waals surface area contributed by atoms with Gasteiger partial charge in [0.05, 0.1) is 5.52 Å². The average molecular weight is 461 g/mol. The summed E-state index contributed by atoms with van der Waals surface area (Å²) in [5.74, 6) is 0.875. The maximum atomic E-state index is 13.1. The first-order valence-electron chi connectivity index (χ1n) is 10.5. The number of nitrogens with zero attached hydrogens (tertiary/aromatic N) is 4. The normalized spacial score (nSPS) is 12.2. The largest absolute Gasteiger partial charge is 0.481 e. The van der Waals surface area contributed by atoms with E-state index in [0.29, 0.717) is 33.9 Å². The molecule has 0 aliphatic heterocycles. The van der Waals surface area contributed by atoms with Crippen molar-refractivity contribution in [2.75, 3.05) is 0 Å². The highest BCUT2D eigenvalue weighted by atomic mass is 19.1. The predicted molar refractivity (Wildman–Crippen MR) is 123 cm³/mol. The van der Waals surface area contributed by atoms with E-state index in [-0.39, 0.29) is 23.0 Å². The van der Waals surface area contributed by atoms with Gasteiger partial charge in [-0.25, -0.2) is 9.18 Å². The molecule has 0 aliphatic rings. The number of hydrogen-bond donors (Lipinski definition) is 1. The van der Waals surface area contributed by atoms with E-state index in [0.717, 1.165) is 10.1 Å². The van der Waals surface area contributed by atoms with Gasteiger partial charge < -0.3 is 14.2 Å². The maximum absolute atomic E-state index is 13.1. The molecule has 0 radical (unpaired) electrons. The minimum atomic E-state index is -0.516. The van der Waals surface area contributed by atoms with Crippen LogP contribution in [0.5, 0.6) is 5.75 Å². The van der Waals surface area contributed by atoms with E-state index in [9.17, 15) is 14.0 Å². The number of ether oxygens (including phenoxy) is 1. The minimum absolute atomic E-state index is 0.288. The lowest BCUT2D eigenvalue weighted by molar-refractivity contribution is 0.176. The van der Waals surface area contributed by atoms with E-state index in [2.05, 4.69) is 15.1 Å². The molecule has 0 bridgehead atoms. The molecule has 5 aromatic rings. The molecule has 0 spiro atoms. The van der Waals surface area contributed by atoms with Gasteiger partial charge in [-0.15, -0.1) is 0 Å². The van der Waals surface area contributed by atoms with Crippen LogP contribution < -0.4 is 16.0 Å². The Labute approximate surface area is 192 Å². The fraction of sp³-hybridized carbons (Fsp3) is 0.167. The lowest BCUT2D eigenvalue weighted by Gasteiger charge is -2.11. The van der Waals surface area contributed by atoms with Gasteiger partial charge in [0.15, 0.2) is 6.10 Å². The van der Waals surface area contributed by atoms with Crippen LogP contribution in [0, 0.1) is 5.82 Å². The van der Waals surface area contributed by atoms with Gasteiger partial charge in [0.1, 0.15) is 17.1 Å². The van der Waals surface area contributed by atoms with E-state index in [1.807, 2.05) is 12.1 Å². The number of nitrogens with one attached hydrogen (secondary N) is 1. The Morgan fingerprint density at radius 2 is 1.68 bits per heavy atom. The molecule has 1 unspecified atom stereocenters. The van der Waals surface area contributed by atoms with Crippen LogP contribution in [0.15, 0.2) is 68.7 Å². The van der Waals surface area contributed by atoms with Gasteiger partial charge in [-0.1, -0.05) is 5.16 Å². The number of H-pyrrole nitrogens is 1. The molecule has 172 valence electrons. The van der Waals surface area contributed by atoms with E-state index in [1.165, 1.54) is 23.7 Å². The summed E-state index contributed by atoms with van der Waals surface area (Å²) in [7, 11) is 3.07. The van der Waals surface area contributed by atoms with Gasteiger partial charge >= 0.3 is 5.69 Å². The van der Waals surface area contributed by atoms with Crippen molar-refractivity contribution in [3.8, 4) is 28.4 Å². The summed E-state index contributed by atoms with van der Waals surface area (Å²) in [6.45, 7) is 1.78. The summed E-state index contributed by atoms with van der Waals surface area (Å²) in [6, 6.07) is 14.8. The summed E-state index contributed by atoms with van der Waals surface area (Å²) in [5, 5.41) is 3.94. The Bertz CT molecular complexity index is 1610. The van der Waals surface area contributed by atoms with Crippen molar-refractivity contribution >= 4 is 11.0 Å². The van der Waals surface area contributed by atoms with Gasteiger partial charge in [-0.05, 0) is 67.1 Å². The van der Waals surface area contributed by atoms with Crippen molar-refractivity contribution in [2.45, 2.75) is 13.0 Å². The molecule has 5 rings (SSSR count). The molecule has 0 saturated heterocycles. The van der Waals surface area contributed by atoms with Crippen molar-refractivity contribution in [3.05, 3.63) is 87.1 Å². The van der Waals surface area contributed by atoms with Gasteiger partial charge in [-0.3, -0.25) is 13.9 Å². The molecule has 9 nitrogen and oxygen atoms in total. The second kappa shape index (κ2) is 8.14. The van der Waals surface area contributed by atoms with E-state index in [1.54, 1.807) is 44.3 Å². The fourth-order valence-corrected chi connectivity index (χ4v) is 3.69. The van der Waals surface area contributed by atoms with Gasteiger partial charge in [0.2, 0.25) is 5.82 Å². The van der Waals surface area contributed by atoms with Crippen molar-refractivity contribution in [1.29, 1.82) is 0 Å².